The van der Waals surface area contributed by atoms with Crippen LogP contribution in [0.5, 0.6) is 11.5 Å². The van der Waals surface area contributed by atoms with Crippen molar-refractivity contribution in [3.8, 4) is 11.5 Å². The lowest BCUT2D eigenvalue weighted by Gasteiger charge is -2.19. The third kappa shape index (κ3) is 8.40. The maximum atomic E-state index is 12.7. The van der Waals surface area contributed by atoms with Gasteiger partial charge in [-0.2, -0.15) is 13.2 Å². The first-order chi connectivity index (χ1) is 16.9. The molecule has 8 nitrogen and oxygen atoms in total. The lowest BCUT2D eigenvalue weighted by atomic mass is 9.93. The maximum Gasteiger partial charge on any atom is 0.416 e. The van der Waals surface area contributed by atoms with Gasteiger partial charge in [0, 0.05) is 19.2 Å². The number of benzene rings is 1. The largest absolute Gasteiger partial charge is 0.493 e. The van der Waals surface area contributed by atoms with Gasteiger partial charge in [-0.05, 0) is 43.4 Å². The van der Waals surface area contributed by atoms with E-state index >= 15 is 0 Å². The minimum atomic E-state index is -4.40. The van der Waals surface area contributed by atoms with E-state index in [1.54, 1.807) is 13.0 Å². The number of nitrogens with zero attached hydrogens (tertiary/aromatic N) is 1. The number of ether oxygens (including phenoxy) is 3. The predicted octanol–water partition coefficient (Wildman–Crippen LogP) is 4.13. The number of hydrogen-bond donors (Lipinski definition) is 1. The number of carbonyl (C=O) groups excluding carboxylic acids is 3. The molecule has 0 saturated heterocycles. The fourth-order valence-electron chi connectivity index (χ4n) is 3.37. The van der Waals surface area contributed by atoms with E-state index in [2.05, 4.69) is 16.9 Å². The Morgan fingerprint density at radius 2 is 1.83 bits per heavy atom. The Morgan fingerprint density at radius 3 is 2.39 bits per heavy atom. The molecule has 0 spiro atoms. The second-order valence-electron chi connectivity index (χ2n) is 7.90. The molecule has 2 aromatic rings. The van der Waals surface area contributed by atoms with Gasteiger partial charge in [-0.15, -0.1) is 6.58 Å². The third-order valence-corrected chi connectivity index (χ3v) is 5.02. The van der Waals surface area contributed by atoms with Crippen LogP contribution >= 0.6 is 0 Å². The summed E-state index contributed by atoms with van der Waals surface area (Å²) in [6, 6.07) is 6.26. The Balaban J connectivity index is 1.90. The number of esters is 2. The van der Waals surface area contributed by atoms with E-state index in [0.29, 0.717) is 18.4 Å². The van der Waals surface area contributed by atoms with Crippen molar-refractivity contribution in [2.24, 2.45) is 5.92 Å². The Kier molecular flexibility index (Phi) is 10.0. The zero-order valence-electron chi connectivity index (χ0n) is 20.1. The number of methoxy groups -OCH3 is 1. The summed E-state index contributed by atoms with van der Waals surface area (Å²) < 4.78 is 53.6. The molecule has 0 bridgehead atoms. The lowest BCUT2D eigenvalue weighted by molar-refractivity contribution is -0.147. The summed E-state index contributed by atoms with van der Waals surface area (Å²) in [5.74, 6) is -2.40. The highest BCUT2D eigenvalue weighted by Gasteiger charge is 2.30. The molecule has 1 N–H and O–H groups in total. The van der Waals surface area contributed by atoms with E-state index in [9.17, 15) is 27.6 Å². The summed E-state index contributed by atoms with van der Waals surface area (Å²) in [6.45, 7) is 6.09. The predicted molar refractivity (Wildman–Crippen MR) is 123 cm³/mol. The van der Waals surface area contributed by atoms with Crippen LogP contribution in [-0.4, -0.2) is 42.6 Å². The van der Waals surface area contributed by atoms with Gasteiger partial charge in [0.2, 0.25) is 5.75 Å². The van der Waals surface area contributed by atoms with Gasteiger partial charge in [0.1, 0.15) is 6.54 Å². The zero-order valence-corrected chi connectivity index (χ0v) is 20.1. The van der Waals surface area contributed by atoms with Gasteiger partial charge in [0.15, 0.2) is 11.4 Å². The monoisotopic (exact) mass is 508 g/mol. The normalized spacial score (nSPS) is 12.7. The summed E-state index contributed by atoms with van der Waals surface area (Å²) in [6.07, 6.45) is -1.24. The number of allylic oxidation sites excluding steroid dienone is 1. The molecule has 1 amide bonds. The highest BCUT2D eigenvalue weighted by Crippen LogP contribution is 2.30. The molecule has 0 fully saturated rings. The standard InChI is InChI=1S/C25H27F3N2O6/c1-5-17(13-18-6-8-19(9-7-18)25(26,27)28)12-15(2)35-21(32)14-30-24(33)22-23(36-16(3)31)20(34-4)10-11-29-22/h5-11,15,17H,1,12-14H2,2-4H3,(H,30,33)/t15?,17-/m0/s1. The average molecular weight is 508 g/mol. The third-order valence-electron chi connectivity index (χ3n) is 5.02. The first kappa shape index (κ1) is 28.3. The number of aromatic nitrogens is 1. The molecule has 11 heteroatoms. The SMILES string of the molecule is C=C[C@H](Cc1ccc(C(F)(F)F)cc1)CC(C)OC(=O)CNC(=O)c1nccc(OC)c1OC(C)=O. The van der Waals surface area contributed by atoms with Gasteiger partial charge >= 0.3 is 18.1 Å². The van der Waals surface area contributed by atoms with E-state index in [-0.39, 0.29) is 23.1 Å². The molecule has 36 heavy (non-hydrogen) atoms. The van der Waals surface area contributed by atoms with Gasteiger partial charge < -0.3 is 19.5 Å². The molecule has 0 aliphatic rings. The fourth-order valence-corrected chi connectivity index (χ4v) is 3.37. The molecule has 1 aromatic heterocycles. The minimum Gasteiger partial charge on any atom is -0.493 e. The number of alkyl halides is 3. The Labute approximate surface area is 206 Å². The Hall–Kier alpha value is -3.89. The molecule has 2 rings (SSSR count). The number of amides is 1. The quantitative estimate of drug-likeness (QED) is 0.360. The summed E-state index contributed by atoms with van der Waals surface area (Å²) in [7, 11) is 1.33. The summed E-state index contributed by atoms with van der Waals surface area (Å²) in [5, 5.41) is 2.36. The van der Waals surface area contributed by atoms with Crippen LogP contribution < -0.4 is 14.8 Å². The van der Waals surface area contributed by atoms with Crippen LogP contribution in [0.25, 0.3) is 0 Å². The number of rotatable bonds is 11. The van der Waals surface area contributed by atoms with Gasteiger partial charge in [0.25, 0.3) is 5.91 Å². The zero-order chi connectivity index (χ0) is 26.9. The summed E-state index contributed by atoms with van der Waals surface area (Å²) >= 11 is 0. The van der Waals surface area contributed by atoms with E-state index in [4.69, 9.17) is 14.2 Å². The topological polar surface area (TPSA) is 104 Å². The molecule has 2 atom stereocenters. The molecule has 194 valence electrons. The van der Waals surface area contributed by atoms with E-state index in [1.165, 1.54) is 31.5 Å². The van der Waals surface area contributed by atoms with Crippen LogP contribution in [0.2, 0.25) is 0 Å². The highest BCUT2D eigenvalue weighted by molar-refractivity contribution is 5.98. The lowest BCUT2D eigenvalue weighted by Crippen LogP contribution is -2.33. The van der Waals surface area contributed by atoms with Gasteiger partial charge in [-0.1, -0.05) is 18.2 Å². The maximum absolute atomic E-state index is 12.7. The highest BCUT2D eigenvalue weighted by atomic mass is 19.4. The van der Waals surface area contributed by atoms with Crippen molar-refractivity contribution in [3.05, 3.63) is 66.0 Å². The van der Waals surface area contributed by atoms with Crippen molar-refractivity contribution >= 4 is 17.8 Å². The number of hydrogen-bond acceptors (Lipinski definition) is 7. The second kappa shape index (κ2) is 12.7. The van der Waals surface area contributed by atoms with Gasteiger partial charge in [-0.3, -0.25) is 14.4 Å². The number of pyridine rings is 1. The van der Waals surface area contributed by atoms with Crippen LogP contribution in [0, 0.1) is 5.92 Å². The van der Waals surface area contributed by atoms with E-state index in [1.807, 2.05) is 0 Å². The number of nitrogens with one attached hydrogen (secondary N) is 1. The average Bonchev–Trinajstić information content (AvgIpc) is 2.81. The first-order valence-electron chi connectivity index (χ1n) is 10.9. The van der Waals surface area contributed by atoms with E-state index in [0.717, 1.165) is 19.1 Å². The van der Waals surface area contributed by atoms with Gasteiger partial charge in [-0.25, -0.2) is 4.98 Å². The summed E-state index contributed by atoms with van der Waals surface area (Å²) in [4.78, 5) is 40.0. The van der Waals surface area contributed by atoms with E-state index < -0.39 is 42.2 Å². The van der Waals surface area contributed by atoms with Crippen molar-refractivity contribution < 1.29 is 41.8 Å². The molecule has 1 aromatic carbocycles. The molecule has 0 saturated carbocycles. The molecular formula is C25H27F3N2O6. The van der Waals surface area contributed by atoms with Crippen LogP contribution in [0.4, 0.5) is 13.2 Å². The van der Waals surface area contributed by atoms with Crippen molar-refractivity contribution in [3.63, 3.8) is 0 Å². The van der Waals surface area contributed by atoms with Crippen LogP contribution in [0.3, 0.4) is 0 Å². The molecule has 1 heterocycles. The Bertz CT molecular complexity index is 1090. The van der Waals surface area contributed by atoms with Crippen molar-refractivity contribution in [1.82, 2.24) is 10.3 Å². The van der Waals surface area contributed by atoms with Crippen LogP contribution in [-0.2, 0) is 26.9 Å². The number of carbonyl (C=O) groups is 3. The summed E-state index contributed by atoms with van der Waals surface area (Å²) in [5.41, 5.74) is -0.281. The second-order valence-corrected chi connectivity index (χ2v) is 7.90. The molecule has 1 unspecified atom stereocenters. The van der Waals surface area contributed by atoms with Crippen LogP contribution in [0.15, 0.2) is 49.2 Å². The molecule has 0 aliphatic carbocycles. The Morgan fingerprint density at radius 1 is 1.17 bits per heavy atom. The fraction of sp³-hybridized carbons (Fsp3) is 0.360. The molecular weight excluding hydrogens is 481 g/mol. The van der Waals surface area contributed by atoms with Crippen molar-refractivity contribution in [2.45, 2.75) is 39.0 Å². The van der Waals surface area contributed by atoms with Crippen molar-refractivity contribution in [2.75, 3.05) is 13.7 Å². The van der Waals surface area contributed by atoms with Crippen LogP contribution in [0.1, 0.15) is 41.9 Å². The van der Waals surface area contributed by atoms with Crippen molar-refractivity contribution in [1.29, 1.82) is 0 Å². The first-order valence-corrected chi connectivity index (χ1v) is 10.9. The molecule has 0 aliphatic heterocycles. The number of halogens is 3. The molecule has 0 radical (unpaired) electrons. The van der Waals surface area contributed by atoms with Gasteiger partial charge in [0.05, 0.1) is 18.8 Å². The minimum absolute atomic E-state index is 0.116. The smallest absolute Gasteiger partial charge is 0.416 e.